The summed E-state index contributed by atoms with van der Waals surface area (Å²) < 4.78 is 22.1. The van der Waals surface area contributed by atoms with Crippen LogP contribution in [0.15, 0.2) is 97.1 Å². The molecule has 4 rings (SSSR count). The number of ether oxygens (including phenoxy) is 4. The standard InChI is InChI=1S/C28H26O4/c1-29-23-13-17-27(18-14-23)31-25-9-5-21(6-10-25)3-4-22-7-11-26(12-8-22)32-28-19-15-24(30-2)16-20-28/h5-20H,3-4H2,1-2H3. The van der Waals surface area contributed by atoms with E-state index in [-0.39, 0.29) is 0 Å². The minimum absolute atomic E-state index is 0.787. The van der Waals surface area contributed by atoms with Crippen LogP contribution in [0.2, 0.25) is 0 Å². The molecule has 0 radical (unpaired) electrons. The number of rotatable bonds is 9. The van der Waals surface area contributed by atoms with Crippen molar-refractivity contribution in [1.82, 2.24) is 0 Å². The lowest BCUT2D eigenvalue weighted by Crippen LogP contribution is -1.92. The molecule has 0 saturated heterocycles. The number of benzene rings is 4. The minimum atomic E-state index is 0.787. The topological polar surface area (TPSA) is 36.9 Å². The second-order valence-corrected chi connectivity index (χ2v) is 7.34. The molecule has 4 aromatic rings. The van der Waals surface area contributed by atoms with Crippen molar-refractivity contribution in [1.29, 1.82) is 0 Å². The van der Waals surface area contributed by atoms with Crippen molar-refractivity contribution >= 4 is 0 Å². The lowest BCUT2D eigenvalue weighted by atomic mass is 10.0. The van der Waals surface area contributed by atoms with E-state index in [9.17, 15) is 0 Å². The second-order valence-electron chi connectivity index (χ2n) is 7.34. The van der Waals surface area contributed by atoms with Gasteiger partial charge in [-0.3, -0.25) is 0 Å². The van der Waals surface area contributed by atoms with Crippen molar-refractivity contribution in [2.45, 2.75) is 12.8 Å². The molecule has 0 N–H and O–H groups in total. The van der Waals surface area contributed by atoms with E-state index in [4.69, 9.17) is 18.9 Å². The summed E-state index contributed by atoms with van der Waals surface area (Å²) in [4.78, 5) is 0. The van der Waals surface area contributed by atoms with Crippen LogP contribution < -0.4 is 18.9 Å². The smallest absolute Gasteiger partial charge is 0.127 e. The normalized spacial score (nSPS) is 10.4. The summed E-state index contributed by atoms with van der Waals surface area (Å²) in [6, 6.07) is 31.6. The average molecular weight is 427 g/mol. The molecule has 32 heavy (non-hydrogen) atoms. The zero-order valence-corrected chi connectivity index (χ0v) is 18.3. The molecule has 0 unspecified atom stereocenters. The maximum absolute atomic E-state index is 5.89. The lowest BCUT2D eigenvalue weighted by Gasteiger charge is -2.09. The molecule has 0 bridgehead atoms. The van der Waals surface area contributed by atoms with Crippen molar-refractivity contribution in [3.8, 4) is 34.5 Å². The molecular weight excluding hydrogens is 400 g/mol. The highest BCUT2D eigenvalue weighted by Gasteiger charge is 2.02. The highest BCUT2D eigenvalue weighted by molar-refractivity contribution is 5.38. The molecule has 0 atom stereocenters. The van der Waals surface area contributed by atoms with Crippen LogP contribution in [0.5, 0.6) is 34.5 Å². The molecule has 4 nitrogen and oxygen atoms in total. The second kappa shape index (κ2) is 10.4. The predicted octanol–water partition coefficient (Wildman–Crippen LogP) is 7.07. The largest absolute Gasteiger partial charge is 0.497 e. The van der Waals surface area contributed by atoms with Crippen molar-refractivity contribution in [3.05, 3.63) is 108 Å². The van der Waals surface area contributed by atoms with Gasteiger partial charge in [0.1, 0.15) is 34.5 Å². The number of aryl methyl sites for hydroxylation is 2. The van der Waals surface area contributed by atoms with Gasteiger partial charge in [-0.05, 0) is 96.8 Å². The molecule has 0 spiro atoms. The summed E-state index contributed by atoms with van der Waals surface area (Å²) in [6.45, 7) is 0. The Labute approximate surface area is 189 Å². The maximum atomic E-state index is 5.89. The van der Waals surface area contributed by atoms with Gasteiger partial charge in [0, 0.05) is 0 Å². The zero-order chi connectivity index (χ0) is 22.2. The van der Waals surface area contributed by atoms with Crippen LogP contribution >= 0.6 is 0 Å². The summed E-state index contributed by atoms with van der Waals surface area (Å²) in [5, 5.41) is 0. The van der Waals surface area contributed by atoms with Crippen molar-refractivity contribution < 1.29 is 18.9 Å². The van der Waals surface area contributed by atoms with Crippen molar-refractivity contribution in [2.75, 3.05) is 14.2 Å². The number of methoxy groups -OCH3 is 2. The van der Waals surface area contributed by atoms with E-state index in [2.05, 4.69) is 24.3 Å². The third-order valence-corrected chi connectivity index (χ3v) is 5.14. The molecular formula is C28H26O4. The molecule has 0 saturated carbocycles. The van der Waals surface area contributed by atoms with E-state index in [1.54, 1.807) is 14.2 Å². The summed E-state index contributed by atoms with van der Waals surface area (Å²) in [6.07, 6.45) is 1.92. The third kappa shape index (κ3) is 5.82. The van der Waals surface area contributed by atoms with Gasteiger partial charge < -0.3 is 18.9 Å². The van der Waals surface area contributed by atoms with Crippen LogP contribution in [0.1, 0.15) is 11.1 Å². The fourth-order valence-electron chi connectivity index (χ4n) is 3.30. The van der Waals surface area contributed by atoms with Gasteiger partial charge in [0.25, 0.3) is 0 Å². The zero-order valence-electron chi connectivity index (χ0n) is 18.3. The van der Waals surface area contributed by atoms with E-state index in [0.717, 1.165) is 47.3 Å². The van der Waals surface area contributed by atoms with Gasteiger partial charge in [-0.2, -0.15) is 0 Å². The molecule has 0 aliphatic rings. The average Bonchev–Trinajstić information content (AvgIpc) is 2.85. The lowest BCUT2D eigenvalue weighted by molar-refractivity contribution is 0.412. The first-order chi connectivity index (χ1) is 15.7. The molecule has 0 amide bonds. The van der Waals surface area contributed by atoms with Gasteiger partial charge in [0.2, 0.25) is 0 Å². The SMILES string of the molecule is COc1ccc(Oc2ccc(CCc3ccc(Oc4ccc(OC)cc4)cc3)cc2)cc1. The van der Waals surface area contributed by atoms with Crippen LogP contribution in [0.3, 0.4) is 0 Å². The van der Waals surface area contributed by atoms with E-state index in [0.29, 0.717) is 0 Å². The van der Waals surface area contributed by atoms with Gasteiger partial charge in [-0.15, -0.1) is 0 Å². The fourth-order valence-corrected chi connectivity index (χ4v) is 3.30. The maximum Gasteiger partial charge on any atom is 0.127 e. The summed E-state index contributed by atoms with van der Waals surface area (Å²) >= 11 is 0. The third-order valence-electron chi connectivity index (χ3n) is 5.14. The monoisotopic (exact) mass is 426 g/mol. The number of hydrogen-bond acceptors (Lipinski definition) is 4. The first kappa shape index (κ1) is 21.3. The Morgan fingerprint density at radius 3 is 0.906 bits per heavy atom. The van der Waals surface area contributed by atoms with Gasteiger partial charge in [-0.25, -0.2) is 0 Å². The molecule has 0 aliphatic carbocycles. The fraction of sp³-hybridized carbons (Fsp3) is 0.143. The van der Waals surface area contributed by atoms with Gasteiger partial charge in [0.05, 0.1) is 14.2 Å². The quantitative estimate of drug-likeness (QED) is 0.287. The first-order valence-corrected chi connectivity index (χ1v) is 10.5. The molecule has 0 heterocycles. The Hall–Kier alpha value is -3.92. The summed E-state index contributed by atoms with van der Waals surface area (Å²) in [5.41, 5.74) is 2.54. The Balaban J connectivity index is 1.28. The van der Waals surface area contributed by atoms with Crippen LogP contribution in [-0.4, -0.2) is 14.2 Å². The van der Waals surface area contributed by atoms with E-state index in [1.165, 1.54) is 11.1 Å². The highest BCUT2D eigenvalue weighted by atomic mass is 16.5. The molecule has 162 valence electrons. The van der Waals surface area contributed by atoms with Crippen LogP contribution in [0.25, 0.3) is 0 Å². The van der Waals surface area contributed by atoms with Crippen molar-refractivity contribution in [3.63, 3.8) is 0 Å². The van der Waals surface area contributed by atoms with E-state index >= 15 is 0 Å². The van der Waals surface area contributed by atoms with Crippen molar-refractivity contribution in [2.24, 2.45) is 0 Å². The summed E-state index contributed by atoms with van der Waals surface area (Å²) in [7, 11) is 3.30. The predicted molar refractivity (Wildman–Crippen MR) is 126 cm³/mol. The van der Waals surface area contributed by atoms with Gasteiger partial charge in [-0.1, -0.05) is 24.3 Å². The minimum Gasteiger partial charge on any atom is -0.497 e. The summed E-state index contributed by atoms with van der Waals surface area (Å²) in [5.74, 6) is 4.84. The Bertz CT molecular complexity index is 1010. The first-order valence-electron chi connectivity index (χ1n) is 10.5. The highest BCUT2D eigenvalue weighted by Crippen LogP contribution is 2.26. The number of hydrogen-bond donors (Lipinski definition) is 0. The molecule has 0 aromatic heterocycles. The van der Waals surface area contributed by atoms with E-state index in [1.807, 2.05) is 72.8 Å². The van der Waals surface area contributed by atoms with Gasteiger partial charge in [0.15, 0.2) is 0 Å². The van der Waals surface area contributed by atoms with E-state index < -0.39 is 0 Å². The molecule has 4 aromatic carbocycles. The molecule has 0 fully saturated rings. The van der Waals surface area contributed by atoms with Crippen LogP contribution in [0, 0.1) is 0 Å². The Morgan fingerprint density at radius 1 is 0.375 bits per heavy atom. The van der Waals surface area contributed by atoms with Gasteiger partial charge >= 0.3 is 0 Å². The Kier molecular flexibility index (Phi) is 6.93. The van der Waals surface area contributed by atoms with Crippen LogP contribution in [-0.2, 0) is 12.8 Å². The Morgan fingerprint density at radius 2 is 0.625 bits per heavy atom. The molecule has 0 aliphatic heterocycles. The van der Waals surface area contributed by atoms with Crippen LogP contribution in [0.4, 0.5) is 0 Å². The molecule has 4 heteroatoms.